The highest BCUT2D eigenvalue weighted by Crippen LogP contribution is 2.22. The number of rotatable bonds is 1. The molecule has 3 nitrogen and oxygen atoms in total. The molecular weight excluding hydrogens is 162 g/mol. The molecule has 2 rings (SSSR count). The molecule has 0 saturated heterocycles. The molecule has 0 fully saturated rings. The van der Waals surface area contributed by atoms with E-state index in [1.807, 2.05) is 0 Å². The van der Waals surface area contributed by atoms with Crippen molar-refractivity contribution in [3.05, 3.63) is 17.2 Å². The molecule has 0 bridgehead atoms. The van der Waals surface area contributed by atoms with E-state index in [1.54, 1.807) is 0 Å². The Morgan fingerprint density at radius 1 is 1.62 bits per heavy atom. The van der Waals surface area contributed by atoms with Gasteiger partial charge in [0.15, 0.2) is 0 Å². The largest absolute Gasteiger partial charge is 0.330 e. The number of nitrogens with zero attached hydrogens (tertiary/aromatic N) is 2. The van der Waals surface area contributed by atoms with Crippen molar-refractivity contribution in [2.24, 2.45) is 11.7 Å². The number of aryl methyl sites for hydroxylation is 2. The van der Waals surface area contributed by atoms with Crippen LogP contribution in [0.4, 0.5) is 0 Å². The second kappa shape index (κ2) is 3.14. The van der Waals surface area contributed by atoms with Crippen molar-refractivity contribution in [2.75, 3.05) is 0 Å². The lowest BCUT2D eigenvalue weighted by molar-refractivity contribution is 0.386. The van der Waals surface area contributed by atoms with Crippen molar-refractivity contribution in [1.29, 1.82) is 0 Å². The standard InChI is InChI=1S/C10H17N3/c1-7-3-4-10-12-8(2)9(5-11)13(10)6-7/h7H,3-6,11H2,1-2H3. The van der Waals surface area contributed by atoms with Crippen molar-refractivity contribution in [1.82, 2.24) is 9.55 Å². The average molecular weight is 179 g/mol. The highest BCUT2D eigenvalue weighted by Gasteiger charge is 2.19. The van der Waals surface area contributed by atoms with Crippen molar-refractivity contribution in [2.45, 2.75) is 39.8 Å². The third-order valence-corrected chi connectivity index (χ3v) is 2.90. The monoisotopic (exact) mass is 179 g/mol. The first kappa shape index (κ1) is 8.75. The fourth-order valence-electron chi connectivity index (χ4n) is 2.11. The van der Waals surface area contributed by atoms with Gasteiger partial charge in [0.25, 0.3) is 0 Å². The highest BCUT2D eigenvalue weighted by atomic mass is 15.1. The van der Waals surface area contributed by atoms with Gasteiger partial charge in [-0.15, -0.1) is 0 Å². The van der Waals surface area contributed by atoms with Gasteiger partial charge >= 0.3 is 0 Å². The molecule has 1 aliphatic rings. The van der Waals surface area contributed by atoms with Crippen LogP contribution in [0.15, 0.2) is 0 Å². The maximum Gasteiger partial charge on any atom is 0.109 e. The van der Waals surface area contributed by atoms with Crippen LogP contribution in [0.2, 0.25) is 0 Å². The molecule has 3 heteroatoms. The molecule has 0 saturated carbocycles. The Morgan fingerprint density at radius 3 is 3.08 bits per heavy atom. The average Bonchev–Trinajstić information content (AvgIpc) is 2.40. The number of imidazole rings is 1. The third-order valence-electron chi connectivity index (χ3n) is 2.90. The van der Waals surface area contributed by atoms with E-state index in [2.05, 4.69) is 23.4 Å². The van der Waals surface area contributed by atoms with Gasteiger partial charge < -0.3 is 10.3 Å². The summed E-state index contributed by atoms with van der Waals surface area (Å²) in [7, 11) is 0. The first-order valence-electron chi connectivity index (χ1n) is 4.97. The number of hydrogen-bond donors (Lipinski definition) is 1. The smallest absolute Gasteiger partial charge is 0.109 e. The van der Waals surface area contributed by atoms with Crippen molar-refractivity contribution >= 4 is 0 Å². The first-order valence-corrected chi connectivity index (χ1v) is 4.97. The molecule has 1 aromatic rings. The van der Waals surface area contributed by atoms with E-state index in [4.69, 9.17) is 5.73 Å². The molecule has 1 unspecified atom stereocenters. The van der Waals surface area contributed by atoms with Gasteiger partial charge in [-0.1, -0.05) is 6.92 Å². The quantitative estimate of drug-likeness (QED) is 0.704. The Labute approximate surface area is 79.0 Å². The summed E-state index contributed by atoms with van der Waals surface area (Å²) >= 11 is 0. The van der Waals surface area contributed by atoms with Crippen molar-refractivity contribution in [3.63, 3.8) is 0 Å². The fraction of sp³-hybridized carbons (Fsp3) is 0.700. The maximum absolute atomic E-state index is 5.70. The summed E-state index contributed by atoms with van der Waals surface area (Å²) in [5.41, 5.74) is 8.04. The number of nitrogens with two attached hydrogens (primary N) is 1. The maximum atomic E-state index is 5.70. The van der Waals surface area contributed by atoms with Crippen LogP contribution >= 0.6 is 0 Å². The van der Waals surface area contributed by atoms with E-state index in [9.17, 15) is 0 Å². The van der Waals surface area contributed by atoms with Gasteiger partial charge in [-0.3, -0.25) is 0 Å². The van der Waals surface area contributed by atoms with Gasteiger partial charge in [0.2, 0.25) is 0 Å². The van der Waals surface area contributed by atoms with Crippen molar-refractivity contribution < 1.29 is 0 Å². The van der Waals surface area contributed by atoms with Gasteiger partial charge in [-0.05, 0) is 19.3 Å². The lowest BCUT2D eigenvalue weighted by atomic mass is 10.0. The van der Waals surface area contributed by atoms with Crippen LogP contribution in [-0.4, -0.2) is 9.55 Å². The second-order valence-electron chi connectivity index (χ2n) is 4.02. The number of aromatic nitrogens is 2. The van der Waals surface area contributed by atoms with Crippen LogP contribution in [0.3, 0.4) is 0 Å². The minimum Gasteiger partial charge on any atom is -0.330 e. The molecule has 1 aromatic heterocycles. The molecule has 0 amide bonds. The molecular formula is C10H17N3. The highest BCUT2D eigenvalue weighted by molar-refractivity contribution is 5.17. The van der Waals surface area contributed by atoms with Crippen LogP contribution in [0, 0.1) is 12.8 Å². The topological polar surface area (TPSA) is 43.8 Å². The minimum atomic E-state index is 0.617. The molecule has 13 heavy (non-hydrogen) atoms. The summed E-state index contributed by atoms with van der Waals surface area (Å²) < 4.78 is 2.31. The molecule has 0 aliphatic carbocycles. The Kier molecular flexibility index (Phi) is 2.12. The van der Waals surface area contributed by atoms with Crippen molar-refractivity contribution in [3.8, 4) is 0 Å². The Hall–Kier alpha value is -0.830. The predicted octanol–water partition coefficient (Wildman–Crippen LogP) is 1.23. The fourth-order valence-corrected chi connectivity index (χ4v) is 2.11. The molecule has 2 N–H and O–H groups in total. The lowest BCUT2D eigenvalue weighted by Gasteiger charge is -2.21. The van der Waals surface area contributed by atoms with E-state index >= 15 is 0 Å². The summed E-state index contributed by atoms with van der Waals surface area (Å²) in [6.07, 6.45) is 2.38. The summed E-state index contributed by atoms with van der Waals surface area (Å²) in [6, 6.07) is 0. The van der Waals surface area contributed by atoms with E-state index < -0.39 is 0 Å². The summed E-state index contributed by atoms with van der Waals surface area (Å²) in [5.74, 6) is 2.00. The Bertz CT molecular complexity index is 314. The van der Waals surface area contributed by atoms with Crippen LogP contribution in [0.1, 0.15) is 30.6 Å². The van der Waals surface area contributed by atoms with E-state index in [-0.39, 0.29) is 0 Å². The van der Waals surface area contributed by atoms with E-state index in [0.717, 1.165) is 24.6 Å². The van der Waals surface area contributed by atoms with Crippen LogP contribution < -0.4 is 5.73 Å². The molecule has 0 aromatic carbocycles. The molecule has 0 radical (unpaired) electrons. The van der Waals surface area contributed by atoms with Gasteiger partial charge in [-0.2, -0.15) is 0 Å². The molecule has 1 atom stereocenters. The Balaban J connectivity index is 2.42. The second-order valence-corrected chi connectivity index (χ2v) is 4.02. The van der Waals surface area contributed by atoms with E-state index in [0.29, 0.717) is 6.54 Å². The Morgan fingerprint density at radius 2 is 2.38 bits per heavy atom. The molecule has 2 heterocycles. The lowest BCUT2D eigenvalue weighted by Crippen LogP contribution is -2.20. The third kappa shape index (κ3) is 1.37. The molecule has 0 spiro atoms. The van der Waals surface area contributed by atoms with Crippen LogP contribution in [-0.2, 0) is 19.5 Å². The van der Waals surface area contributed by atoms with Gasteiger partial charge in [-0.25, -0.2) is 4.98 Å². The zero-order valence-electron chi connectivity index (χ0n) is 8.38. The van der Waals surface area contributed by atoms with Gasteiger partial charge in [0.1, 0.15) is 5.82 Å². The van der Waals surface area contributed by atoms with E-state index in [1.165, 1.54) is 17.9 Å². The number of hydrogen-bond acceptors (Lipinski definition) is 2. The van der Waals surface area contributed by atoms with Crippen LogP contribution in [0.5, 0.6) is 0 Å². The van der Waals surface area contributed by atoms with Gasteiger partial charge in [0, 0.05) is 19.5 Å². The predicted molar refractivity (Wildman–Crippen MR) is 52.3 cm³/mol. The summed E-state index contributed by atoms with van der Waals surface area (Å²) in [5, 5.41) is 0. The zero-order chi connectivity index (χ0) is 9.42. The minimum absolute atomic E-state index is 0.617. The summed E-state index contributed by atoms with van der Waals surface area (Å²) in [6.45, 7) is 6.06. The first-order chi connectivity index (χ1) is 6.22. The molecule has 72 valence electrons. The molecule has 1 aliphatic heterocycles. The van der Waals surface area contributed by atoms with Crippen LogP contribution in [0.25, 0.3) is 0 Å². The zero-order valence-corrected chi connectivity index (χ0v) is 8.38. The SMILES string of the molecule is Cc1nc2n(c1CN)CC(C)CC2. The summed E-state index contributed by atoms with van der Waals surface area (Å²) in [4.78, 5) is 4.54. The number of fused-ring (bicyclic) bond motifs is 1. The normalized spacial score (nSPS) is 21.6. The van der Waals surface area contributed by atoms with Gasteiger partial charge in [0.05, 0.1) is 11.4 Å².